The Hall–Kier alpha value is -1.14. The number of hydrogen-bond donors (Lipinski definition) is 2. The van der Waals surface area contributed by atoms with Crippen LogP contribution in [0.4, 0.5) is 0 Å². The molecule has 96 valence electrons. The van der Waals surface area contributed by atoms with Crippen molar-refractivity contribution < 1.29 is 24.5 Å². The van der Waals surface area contributed by atoms with Crippen LogP contribution in [0.5, 0.6) is 0 Å². The lowest BCUT2D eigenvalue weighted by Gasteiger charge is -2.25. The lowest BCUT2D eigenvalue weighted by atomic mass is 10.1. The van der Waals surface area contributed by atoms with E-state index in [1.54, 1.807) is 4.90 Å². The molecule has 2 heterocycles. The molecule has 2 N–H and O–H groups in total. The zero-order valence-electron chi connectivity index (χ0n) is 9.54. The predicted molar refractivity (Wildman–Crippen MR) is 57.4 cm³/mol. The molecule has 0 spiro atoms. The number of nitrogens with zero attached hydrogens (tertiary/aromatic N) is 1. The third-order valence-electron chi connectivity index (χ3n) is 3.44. The fourth-order valence-corrected chi connectivity index (χ4v) is 2.50. The summed E-state index contributed by atoms with van der Waals surface area (Å²) in [6.45, 7) is 0.586. The van der Waals surface area contributed by atoms with Crippen LogP contribution in [0.1, 0.15) is 25.7 Å². The van der Waals surface area contributed by atoms with E-state index in [1.807, 2.05) is 0 Å². The molecular formula is C11H17NO5. The lowest BCUT2D eigenvalue weighted by Crippen LogP contribution is -2.43. The van der Waals surface area contributed by atoms with Gasteiger partial charge in [-0.05, 0) is 25.7 Å². The van der Waals surface area contributed by atoms with E-state index in [9.17, 15) is 9.59 Å². The van der Waals surface area contributed by atoms with E-state index >= 15 is 0 Å². The van der Waals surface area contributed by atoms with E-state index in [0.717, 1.165) is 12.8 Å². The van der Waals surface area contributed by atoms with Crippen LogP contribution in [0.15, 0.2) is 0 Å². The number of hydrogen-bond acceptors (Lipinski definition) is 4. The SMILES string of the molecule is O=C(O)C1CCC(C(=O)N2CCC[C@H]2CO)O1. The van der Waals surface area contributed by atoms with Gasteiger partial charge < -0.3 is 19.8 Å². The molecular weight excluding hydrogens is 226 g/mol. The average Bonchev–Trinajstić information content (AvgIpc) is 2.96. The fraction of sp³-hybridized carbons (Fsp3) is 0.818. The minimum Gasteiger partial charge on any atom is -0.479 e. The van der Waals surface area contributed by atoms with Crippen molar-refractivity contribution in [2.45, 2.75) is 43.9 Å². The third-order valence-corrected chi connectivity index (χ3v) is 3.44. The Labute approximate surface area is 99.2 Å². The summed E-state index contributed by atoms with van der Waals surface area (Å²) in [5.41, 5.74) is 0. The number of carboxylic acid groups (broad SMARTS) is 1. The normalized spacial score (nSPS) is 33.0. The highest BCUT2D eigenvalue weighted by Gasteiger charge is 2.39. The summed E-state index contributed by atoms with van der Waals surface area (Å²) in [7, 11) is 0. The van der Waals surface area contributed by atoms with Gasteiger partial charge in [-0.2, -0.15) is 0 Å². The molecule has 0 aromatic heterocycles. The van der Waals surface area contributed by atoms with Crippen molar-refractivity contribution in [2.24, 2.45) is 0 Å². The van der Waals surface area contributed by atoms with E-state index in [2.05, 4.69) is 0 Å². The first-order chi connectivity index (χ1) is 8.13. The molecule has 0 aromatic carbocycles. The molecule has 0 radical (unpaired) electrons. The summed E-state index contributed by atoms with van der Waals surface area (Å²) in [4.78, 5) is 24.4. The van der Waals surface area contributed by atoms with Gasteiger partial charge in [0.05, 0.1) is 12.6 Å². The van der Waals surface area contributed by atoms with Gasteiger partial charge in [0.25, 0.3) is 5.91 Å². The van der Waals surface area contributed by atoms with Crippen LogP contribution in [0.2, 0.25) is 0 Å². The molecule has 2 fully saturated rings. The van der Waals surface area contributed by atoms with E-state index in [0.29, 0.717) is 19.4 Å². The second-order valence-electron chi connectivity index (χ2n) is 4.54. The van der Waals surface area contributed by atoms with Crippen LogP contribution >= 0.6 is 0 Å². The first-order valence-corrected chi connectivity index (χ1v) is 5.93. The molecule has 2 aliphatic rings. The number of aliphatic carboxylic acids is 1. The molecule has 6 nitrogen and oxygen atoms in total. The minimum absolute atomic E-state index is 0.0409. The molecule has 2 rings (SSSR count). The van der Waals surface area contributed by atoms with Crippen molar-refractivity contribution in [2.75, 3.05) is 13.2 Å². The Morgan fingerprint density at radius 1 is 1.24 bits per heavy atom. The van der Waals surface area contributed by atoms with E-state index in [4.69, 9.17) is 14.9 Å². The Morgan fingerprint density at radius 2 is 1.94 bits per heavy atom. The van der Waals surface area contributed by atoms with E-state index < -0.39 is 18.2 Å². The van der Waals surface area contributed by atoms with Crippen molar-refractivity contribution in [3.63, 3.8) is 0 Å². The lowest BCUT2D eigenvalue weighted by molar-refractivity contribution is -0.155. The second-order valence-corrected chi connectivity index (χ2v) is 4.54. The van der Waals surface area contributed by atoms with Gasteiger partial charge >= 0.3 is 5.97 Å². The van der Waals surface area contributed by atoms with E-state index in [-0.39, 0.29) is 18.6 Å². The van der Waals surface area contributed by atoms with Gasteiger partial charge in [0.1, 0.15) is 6.10 Å². The highest BCUT2D eigenvalue weighted by Crippen LogP contribution is 2.25. The van der Waals surface area contributed by atoms with Crippen LogP contribution < -0.4 is 0 Å². The van der Waals surface area contributed by atoms with Gasteiger partial charge in [-0.25, -0.2) is 4.79 Å². The van der Waals surface area contributed by atoms with E-state index in [1.165, 1.54) is 0 Å². The fourth-order valence-electron chi connectivity index (χ4n) is 2.50. The summed E-state index contributed by atoms with van der Waals surface area (Å²) in [5.74, 6) is -1.19. The minimum atomic E-state index is -1.01. The molecule has 2 aliphatic heterocycles. The molecule has 2 unspecified atom stereocenters. The maximum atomic E-state index is 12.1. The largest absolute Gasteiger partial charge is 0.479 e. The molecule has 6 heteroatoms. The number of aliphatic hydroxyl groups excluding tert-OH is 1. The number of rotatable bonds is 3. The van der Waals surface area contributed by atoms with Gasteiger partial charge in [0, 0.05) is 6.54 Å². The number of carbonyl (C=O) groups excluding carboxylic acids is 1. The Balaban J connectivity index is 1.95. The summed E-state index contributed by atoms with van der Waals surface area (Å²) in [6.07, 6.45) is 0.999. The second kappa shape index (κ2) is 5.01. The molecule has 0 aromatic rings. The average molecular weight is 243 g/mol. The molecule has 0 bridgehead atoms. The Morgan fingerprint density at radius 3 is 2.53 bits per heavy atom. The monoisotopic (exact) mass is 243 g/mol. The van der Waals surface area contributed by atoms with Gasteiger partial charge in [-0.3, -0.25) is 4.79 Å². The highest BCUT2D eigenvalue weighted by atomic mass is 16.5. The van der Waals surface area contributed by atoms with Crippen molar-refractivity contribution in [3.05, 3.63) is 0 Å². The first-order valence-electron chi connectivity index (χ1n) is 5.93. The van der Waals surface area contributed by atoms with Crippen molar-refractivity contribution >= 4 is 11.9 Å². The van der Waals surface area contributed by atoms with Gasteiger partial charge in [0.15, 0.2) is 6.10 Å². The molecule has 1 amide bonds. The number of carbonyl (C=O) groups is 2. The standard InChI is InChI=1S/C11H17NO5/c13-6-7-2-1-5-12(7)10(14)8-3-4-9(17-8)11(15)16/h7-9,13H,1-6H2,(H,15,16)/t7-,8?,9?/m0/s1. The quantitative estimate of drug-likeness (QED) is 0.704. The topological polar surface area (TPSA) is 87.1 Å². The highest BCUT2D eigenvalue weighted by molar-refractivity contribution is 5.83. The number of amides is 1. The predicted octanol–water partition coefficient (Wildman–Crippen LogP) is -0.398. The van der Waals surface area contributed by atoms with Crippen LogP contribution in [0.25, 0.3) is 0 Å². The van der Waals surface area contributed by atoms with Crippen molar-refractivity contribution in [1.82, 2.24) is 4.90 Å². The molecule has 0 saturated carbocycles. The van der Waals surface area contributed by atoms with Crippen molar-refractivity contribution in [1.29, 1.82) is 0 Å². The molecule has 2 saturated heterocycles. The van der Waals surface area contributed by atoms with Crippen LogP contribution in [-0.4, -0.2) is 58.4 Å². The third kappa shape index (κ3) is 2.42. The number of aliphatic hydroxyl groups is 1. The summed E-state index contributed by atoms with van der Waals surface area (Å²) < 4.78 is 5.22. The zero-order valence-corrected chi connectivity index (χ0v) is 9.54. The Bertz CT molecular complexity index is 319. The smallest absolute Gasteiger partial charge is 0.332 e. The first kappa shape index (κ1) is 12.3. The summed E-state index contributed by atoms with van der Waals surface area (Å²) in [6, 6.07) is -0.130. The van der Waals surface area contributed by atoms with Gasteiger partial charge in [-0.15, -0.1) is 0 Å². The zero-order chi connectivity index (χ0) is 12.4. The van der Waals surface area contributed by atoms with Gasteiger partial charge in [0.2, 0.25) is 0 Å². The van der Waals surface area contributed by atoms with Gasteiger partial charge in [-0.1, -0.05) is 0 Å². The maximum Gasteiger partial charge on any atom is 0.332 e. The molecule has 0 aliphatic carbocycles. The van der Waals surface area contributed by atoms with Crippen molar-refractivity contribution in [3.8, 4) is 0 Å². The maximum absolute atomic E-state index is 12.1. The summed E-state index contributed by atoms with van der Waals surface area (Å²) in [5, 5.41) is 17.9. The summed E-state index contributed by atoms with van der Waals surface area (Å²) >= 11 is 0. The Kier molecular flexibility index (Phi) is 3.63. The molecule has 17 heavy (non-hydrogen) atoms. The number of likely N-dealkylation sites (tertiary alicyclic amines) is 1. The van der Waals surface area contributed by atoms with Crippen LogP contribution in [0.3, 0.4) is 0 Å². The number of carboxylic acids is 1. The number of ether oxygens (including phenoxy) is 1. The van der Waals surface area contributed by atoms with Crippen LogP contribution in [-0.2, 0) is 14.3 Å². The molecule has 3 atom stereocenters. The van der Waals surface area contributed by atoms with Crippen LogP contribution in [0, 0.1) is 0 Å².